The molecule has 0 spiro atoms. The SMILES string of the molecule is CCCNc1nc(C)cc(Cc2cccnc2)n1. The molecule has 2 rings (SSSR count). The van der Waals surface area contributed by atoms with Crippen LogP contribution in [0.5, 0.6) is 0 Å². The summed E-state index contributed by atoms with van der Waals surface area (Å²) in [6, 6.07) is 6.02. The van der Waals surface area contributed by atoms with Crippen LogP contribution < -0.4 is 5.32 Å². The molecular formula is C14H18N4. The van der Waals surface area contributed by atoms with Gasteiger partial charge in [-0.15, -0.1) is 0 Å². The smallest absolute Gasteiger partial charge is 0.223 e. The maximum atomic E-state index is 4.52. The second-order valence-electron chi connectivity index (χ2n) is 4.29. The van der Waals surface area contributed by atoms with Gasteiger partial charge in [0.2, 0.25) is 5.95 Å². The van der Waals surface area contributed by atoms with Crippen molar-refractivity contribution in [2.45, 2.75) is 26.7 Å². The van der Waals surface area contributed by atoms with Crippen LogP contribution in [-0.2, 0) is 6.42 Å². The van der Waals surface area contributed by atoms with Gasteiger partial charge in [0.1, 0.15) is 0 Å². The average Bonchev–Trinajstić information content (AvgIpc) is 2.37. The van der Waals surface area contributed by atoms with Gasteiger partial charge < -0.3 is 5.32 Å². The van der Waals surface area contributed by atoms with E-state index in [1.807, 2.05) is 25.3 Å². The minimum atomic E-state index is 0.718. The number of nitrogens with zero attached hydrogens (tertiary/aromatic N) is 3. The van der Waals surface area contributed by atoms with E-state index in [0.29, 0.717) is 0 Å². The molecular weight excluding hydrogens is 224 g/mol. The van der Waals surface area contributed by atoms with Crippen molar-refractivity contribution < 1.29 is 0 Å². The van der Waals surface area contributed by atoms with Crippen LogP contribution >= 0.6 is 0 Å². The summed E-state index contributed by atoms with van der Waals surface area (Å²) in [6.45, 7) is 5.01. The maximum Gasteiger partial charge on any atom is 0.223 e. The molecule has 94 valence electrons. The van der Waals surface area contributed by atoms with Gasteiger partial charge in [-0.3, -0.25) is 4.98 Å². The lowest BCUT2D eigenvalue weighted by atomic mass is 10.1. The van der Waals surface area contributed by atoms with Crippen molar-refractivity contribution in [3.8, 4) is 0 Å². The van der Waals surface area contributed by atoms with Crippen molar-refractivity contribution >= 4 is 5.95 Å². The van der Waals surface area contributed by atoms with Gasteiger partial charge in [0.15, 0.2) is 0 Å². The molecule has 18 heavy (non-hydrogen) atoms. The average molecular weight is 242 g/mol. The number of hydrogen-bond donors (Lipinski definition) is 1. The number of nitrogens with one attached hydrogen (secondary N) is 1. The summed E-state index contributed by atoms with van der Waals surface area (Å²) in [5, 5.41) is 3.22. The third-order valence-electron chi connectivity index (χ3n) is 2.55. The molecule has 0 atom stereocenters. The number of hydrogen-bond acceptors (Lipinski definition) is 4. The Morgan fingerprint density at radius 3 is 2.89 bits per heavy atom. The monoisotopic (exact) mass is 242 g/mol. The van der Waals surface area contributed by atoms with Crippen LogP contribution in [0.1, 0.15) is 30.3 Å². The lowest BCUT2D eigenvalue weighted by Crippen LogP contribution is -2.07. The second kappa shape index (κ2) is 6.10. The highest BCUT2D eigenvalue weighted by atomic mass is 15.1. The Hall–Kier alpha value is -1.97. The Kier molecular flexibility index (Phi) is 4.23. The van der Waals surface area contributed by atoms with Gasteiger partial charge in [-0.25, -0.2) is 9.97 Å². The molecule has 0 amide bonds. The molecule has 0 radical (unpaired) electrons. The Bertz CT molecular complexity index is 496. The van der Waals surface area contributed by atoms with Crippen molar-refractivity contribution in [3.05, 3.63) is 47.5 Å². The highest BCUT2D eigenvalue weighted by molar-refractivity contribution is 5.30. The van der Waals surface area contributed by atoms with E-state index in [0.717, 1.165) is 42.3 Å². The van der Waals surface area contributed by atoms with Gasteiger partial charge in [0.05, 0.1) is 5.69 Å². The molecule has 2 aromatic heterocycles. The van der Waals surface area contributed by atoms with Gasteiger partial charge in [0, 0.05) is 31.1 Å². The number of anilines is 1. The maximum absolute atomic E-state index is 4.52. The second-order valence-corrected chi connectivity index (χ2v) is 4.29. The van der Waals surface area contributed by atoms with E-state index in [9.17, 15) is 0 Å². The van der Waals surface area contributed by atoms with Gasteiger partial charge in [-0.05, 0) is 31.0 Å². The molecule has 2 aromatic rings. The predicted molar refractivity (Wildman–Crippen MR) is 72.6 cm³/mol. The molecule has 0 unspecified atom stereocenters. The summed E-state index contributed by atoms with van der Waals surface area (Å²) in [7, 11) is 0. The highest BCUT2D eigenvalue weighted by Gasteiger charge is 2.03. The van der Waals surface area contributed by atoms with Gasteiger partial charge in [-0.1, -0.05) is 13.0 Å². The molecule has 0 aliphatic rings. The van der Waals surface area contributed by atoms with Crippen molar-refractivity contribution in [3.63, 3.8) is 0 Å². The molecule has 4 heteroatoms. The minimum absolute atomic E-state index is 0.718. The van der Waals surface area contributed by atoms with Crippen LogP contribution in [0.4, 0.5) is 5.95 Å². The molecule has 0 saturated carbocycles. The number of pyridine rings is 1. The first kappa shape index (κ1) is 12.5. The minimum Gasteiger partial charge on any atom is -0.354 e. The third-order valence-corrected chi connectivity index (χ3v) is 2.55. The van der Waals surface area contributed by atoms with Crippen molar-refractivity contribution in [1.29, 1.82) is 0 Å². The van der Waals surface area contributed by atoms with Crippen LogP contribution in [0, 0.1) is 6.92 Å². The van der Waals surface area contributed by atoms with E-state index < -0.39 is 0 Å². The fraction of sp³-hybridized carbons (Fsp3) is 0.357. The Balaban J connectivity index is 2.15. The Labute approximate surface area is 108 Å². The standard InChI is InChI=1S/C14H18N4/c1-3-6-16-14-17-11(2)8-13(18-14)9-12-5-4-7-15-10-12/h4-5,7-8,10H,3,6,9H2,1-2H3,(H,16,17,18). The Morgan fingerprint density at radius 1 is 1.28 bits per heavy atom. The molecule has 0 aliphatic carbocycles. The van der Waals surface area contributed by atoms with Gasteiger partial charge in [-0.2, -0.15) is 0 Å². The van der Waals surface area contributed by atoms with Crippen LogP contribution in [-0.4, -0.2) is 21.5 Å². The summed E-state index contributed by atoms with van der Waals surface area (Å²) in [5.74, 6) is 0.718. The number of rotatable bonds is 5. The van der Waals surface area contributed by atoms with Crippen molar-refractivity contribution in [2.24, 2.45) is 0 Å². The molecule has 2 heterocycles. The first-order chi connectivity index (χ1) is 8.78. The number of aryl methyl sites for hydroxylation is 1. The molecule has 0 aliphatic heterocycles. The third kappa shape index (κ3) is 3.52. The topological polar surface area (TPSA) is 50.7 Å². The molecule has 0 aromatic carbocycles. The summed E-state index contributed by atoms with van der Waals surface area (Å²) in [4.78, 5) is 13.0. The Morgan fingerprint density at radius 2 is 2.17 bits per heavy atom. The number of aromatic nitrogens is 3. The molecule has 1 N–H and O–H groups in total. The predicted octanol–water partition coefficient (Wildman–Crippen LogP) is 2.59. The zero-order valence-electron chi connectivity index (χ0n) is 10.8. The molecule has 4 nitrogen and oxygen atoms in total. The van der Waals surface area contributed by atoms with Gasteiger partial charge in [0.25, 0.3) is 0 Å². The quantitative estimate of drug-likeness (QED) is 0.875. The van der Waals surface area contributed by atoms with Crippen molar-refractivity contribution in [1.82, 2.24) is 15.0 Å². The van der Waals surface area contributed by atoms with Crippen LogP contribution in [0.25, 0.3) is 0 Å². The van der Waals surface area contributed by atoms with E-state index >= 15 is 0 Å². The van der Waals surface area contributed by atoms with E-state index in [2.05, 4.69) is 33.3 Å². The van der Waals surface area contributed by atoms with Crippen LogP contribution in [0.2, 0.25) is 0 Å². The lowest BCUT2D eigenvalue weighted by molar-refractivity contribution is 0.926. The normalized spacial score (nSPS) is 10.3. The highest BCUT2D eigenvalue weighted by Crippen LogP contribution is 2.10. The largest absolute Gasteiger partial charge is 0.354 e. The van der Waals surface area contributed by atoms with E-state index in [1.165, 1.54) is 0 Å². The molecule has 0 fully saturated rings. The molecule has 0 saturated heterocycles. The first-order valence-corrected chi connectivity index (χ1v) is 6.25. The van der Waals surface area contributed by atoms with E-state index in [4.69, 9.17) is 0 Å². The summed E-state index contributed by atoms with van der Waals surface area (Å²) in [5.41, 5.74) is 3.17. The van der Waals surface area contributed by atoms with Gasteiger partial charge >= 0.3 is 0 Å². The fourth-order valence-electron chi connectivity index (χ4n) is 1.75. The first-order valence-electron chi connectivity index (χ1n) is 6.25. The van der Waals surface area contributed by atoms with Crippen LogP contribution in [0.15, 0.2) is 30.6 Å². The van der Waals surface area contributed by atoms with E-state index in [1.54, 1.807) is 6.20 Å². The lowest BCUT2D eigenvalue weighted by Gasteiger charge is -2.07. The summed E-state index contributed by atoms with van der Waals surface area (Å²) >= 11 is 0. The molecule has 0 bridgehead atoms. The zero-order chi connectivity index (χ0) is 12.8. The van der Waals surface area contributed by atoms with Crippen molar-refractivity contribution in [2.75, 3.05) is 11.9 Å². The van der Waals surface area contributed by atoms with Crippen LogP contribution in [0.3, 0.4) is 0 Å². The summed E-state index contributed by atoms with van der Waals surface area (Å²) in [6.07, 6.45) is 5.51. The van der Waals surface area contributed by atoms with E-state index in [-0.39, 0.29) is 0 Å². The fourth-order valence-corrected chi connectivity index (χ4v) is 1.75. The zero-order valence-corrected chi connectivity index (χ0v) is 10.8. The summed E-state index contributed by atoms with van der Waals surface area (Å²) < 4.78 is 0.